The van der Waals surface area contributed by atoms with Crippen LogP contribution in [-0.4, -0.2) is 16.4 Å². The number of fused-ring (bicyclic) bond motifs is 1. The lowest BCUT2D eigenvalue weighted by molar-refractivity contribution is -0.0955. The summed E-state index contributed by atoms with van der Waals surface area (Å²) in [4.78, 5) is 17.0. The Morgan fingerprint density at radius 3 is 2.60 bits per heavy atom. The number of nitrogens with one attached hydrogen (secondary N) is 1. The number of hydrogen-bond acceptors (Lipinski definition) is 3. The molecule has 6 rings (SSSR count). The van der Waals surface area contributed by atoms with E-state index in [1.807, 2.05) is 36.4 Å². The minimum atomic E-state index is -0.109. The van der Waals surface area contributed by atoms with E-state index in [-0.39, 0.29) is 16.9 Å². The maximum absolute atomic E-state index is 12.4. The molecule has 0 unspecified atom stereocenters. The highest BCUT2D eigenvalue weighted by atomic mass is 79.9. The van der Waals surface area contributed by atoms with Crippen molar-refractivity contribution in [2.24, 2.45) is 0 Å². The molecule has 0 radical (unpaired) electrons. The van der Waals surface area contributed by atoms with Gasteiger partial charge in [-0.3, -0.25) is 4.79 Å². The molecule has 1 aromatic heterocycles. The normalized spacial score (nSPS) is 26.8. The fraction of sp³-hybridized carbons (Fsp3) is 0.263. The summed E-state index contributed by atoms with van der Waals surface area (Å²) in [6.45, 7) is 0. The number of halogens is 2. The summed E-state index contributed by atoms with van der Waals surface area (Å²) in [5.41, 5.74) is 2.09. The van der Waals surface area contributed by atoms with Crippen LogP contribution in [0.3, 0.4) is 0 Å². The number of aromatic nitrogens is 1. The van der Waals surface area contributed by atoms with Gasteiger partial charge in [-0.15, -0.1) is 0 Å². The van der Waals surface area contributed by atoms with Gasteiger partial charge >= 0.3 is 0 Å². The smallest absolute Gasteiger partial charge is 0.251 e. The van der Waals surface area contributed by atoms with Gasteiger partial charge in [0, 0.05) is 20.6 Å². The second kappa shape index (κ2) is 5.08. The van der Waals surface area contributed by atoms with Crippen LogP contribution in [-0.2, 0) is 5.41 Å². The van der Waals surface area contributed by atoms with Crippen molar-refractivity contribution in [1.29, 1.82) is 0 Å². The molecule has 1 N–H and O–H groups in total. The average molecular weight is 418 g/mol. The van der Waals surface area contributed by atoms with Crippen LogP contribution >= 0.6 is 27.5 Å². The highest BCUT2D eigenvalue weighted by molar-refractivity contribution is 9.10. The fourth-order valence-electron chi connectivity index (χ4n) is 4.19. The lowest BCUT2D eigenvalue weighted by atomic mass is 9.39. The van der Waals surface area contributed by atoms with Crippen LogP contribution in [0.15, 0.2) is 51.4 Å². The summed E-state index contributed by atoms with van der Waals surface area (Å²) >= 11 is 9.40. The van der Waals surface area contributed by atoms with Crippen LogP contribution in [0.25, 0.3) is 11.1 Å². The first-order valence-corrected chi connectivity index (χ1v) is 9.29. The molecule has 126 valence electrons. The molecule has 3 aliphatic rings. The molecule has 0 spiro atoms. The van der Waals surface area contributed by atoms with Gasteiger partial charge in [-0.2, -0.15) is 0 Å². The summed E-state index contributed by atoms with van der Waals surface area (Å²) in [5, 5.41) is 3.84. The van der Waals surface area contributed by atoms with Crippen LogP contribution in [0.2, 0.25) is 5.02 Å². The van der Waals surface area contributed by atoms with E-state index >= 15 is 0 Å². The Bertz CT molecular complexity index is 992. The topological polar surface area (TPSA) is 55.1 Å². The van der Waals surface area contributed by atoms with E-state index < -0.39 is 0 Å². The number of carbonyl (C=O) groups excluding carboxylic acids is 1. The van der Waals surface area contributed by atoms with Crippen molar-refractivity contribution in [3.05, 3.63) is 63.4 Å². The Kier molecular flexibility index (Phi) is 3.13. The number of amides is 1. The van der Waals surface area contributed by atoms with Gasteiger partial charge < -0.3 is 9.73 Å². The zero-order valence-corrected chi connectivity index (χ0v) is 15.5. The van der Waals surface area contributed by atoms with Crippen molar-refractivity contribution in [1.82, 2.24) is 10.3 Å². The number of nitrogens with zero attached hydrogens (tertiary/aromatic N) is 1. The van der Waals surface area contributed by atoms with Crippen LogP contribution < -0.4 is 5.32 Å². The molecule has 3 saturated carbocycles. The first-order valence-electron chi connectivity index (χ1n) is 8.12. The molecule has 3 aliphatic carbocycles. The molecular formula is C19H14BrClN2O2. The Morgan fingerprint density at radius 1 is 1.16 bits per heavy atom. The van der Waals surface area contributed by atoms with Crippen molar-refractivity contribution >= 4 is 44.5 Å². The summed E-state index contributed by atoms with van der Waals surface area (Å²) in [6, 6.07) is 12.9. The number of rotatable bonds is 3. The van der Waals surface area contributed by atoms with Crippen molar-refractivity contribution in [3.63, 3.8) is 0 Å². The van der Waals surface area contributed by atoms with Crippen LogP contribution in [0.5, 0.6) is 0 Å². The second-order valence-electron chi connectivity index (χ2n) is 7.18. The van der Waals surface area contributed by atoms with Gasteiger partial charge in [-0.25, -0.2) is 4.98 Å². The first kappa shape index (κ1) is 15.4. The van der Waals surface area contributed by atoms with Crippen molar-refractivity contribution < 1.29 is 9.21 Å². The second-order valence-corrected chi connectivity index (χ2v) is 8.54. The monoisotopic (exact) mass is 416 g/mol. The minimum absolute atomic E-state index is 0.0230. The van der Waals surface area contributed by atoms with Gasteiger partial charge in [0.1, 0.15) is 5.52 Å². The highest BCUT2D eigenvalue weighted by Crippen LogP contribution is 2.67. The molecule has 3 fully saturated rings. The van der Waals surface area contributed by atoms with Crippen LogP contribution in [0.4, 0.5) is 0 Å². The molecule has 4 nitrogen and oxygen atoms in total. The van der Waals surface area contributed by atoms with E-state index in [0.29, 0.717) is 10.6 Å². The van der Waals surface area contributed by atoms with Crippen LogP contribution in [0.1, 0.15) is 35.5 Å². The van der Waals surface area contributed by atoms with Gasteiger partial charge in [0.15, 0.2) is 5.58 Å². The maximum Gasteiger partial charge on any atom is 0.251 e. The summed E-state index contributed by atoms with van der Waals surface area (Å²) in [5.74, 6) is 0.745. The summed E-state index contributed by atoms with van der Waals surface area (Å²) < 4.78 is 6.89. The molecule has 0 saturated heterocycles. The van der Waals surface area contributed by atoms with Crippen molar-refractivity contribution in [2.75, 3.05) is 0 Å². The average Bonchev–Trinajstić information content (AvgIpc) is 2.92. The first-order chi connectivity index (χ1) is 12.0. The molecule has 0 atom stereocenters. The molecular weight excluding hydrogens is 404 g/mol. The maximum atomic E-state index is 12.4. The summed E-state index contributed by atoms with van der Waals surface area (Å²) in [6.07, 6.45) is 2.63. The van der Waals surface area contributed by atoms with E-state index in [9.17, 15) is 4.79 Å². The minimum Gasteiger partial charge on any atom is -0.440 e. The predicted octanol–water partition coefficient (Wildman–Crippen LogP) is 4.85. The van der Waals surface area contributed by atoms with Gasteiger partial charge in [0.05, 0.1) is 5.41 Å². The van der Waals surface area contributed by atoms with E-state index in [1.54, 1.807) is 6.07 Å². The van der Waals surface area contributed by atoms with E-state index in [4.69, 9.17) is 16.0 Å². The molecule has 0 aliphatic heterocycles. The standard InChI is InChI=1S/C19H14BrClN2O2/c20-12-3-1-11(2-4-12)16(24)23-19-8-18(9-19,10-19)17-22-14-7-13(21)5-6-15(14)25-17/h1-7H,8-10H2,(H,23,24). The summed E-state index contributed by atoms with van der Waals surface area (Å²) in [7, 11) is 0. The molecule has 6 heteroatoms. The van der Waals surface area contributed by atoms with Crippen LogP contribution in [0, 0.1) is 0 Å². The van der Waals surface area contributed by atoms with Crippen molar-refractivity contribution in [3.8, 4) is 0 Å². The Morgan fingerprint density at radius 2 is 1.88 bits per heavy atom. The van der Waals surface area contributed by atoms with Gasteiger partial charge in [0.2, 0.25) is 5.89 Å². The van der Waals surface area contributed by atoms with E-state index in [1.165, 1.54) is 0 Å². The van der Waals surface area contributed by atoms with Crippen molar-refractivity contribution in [2.45, 2.75) is 30.2 Å². The molecule has 1 heterocycles. The Labute approximate surface area is 157 Å². The lowest BCUT2D eigenvalue weighted by Crippen LogP contribution is -2.76. The Hall–Kier alpha value is -1.85. The number of oxazole rings is 1. The Balaban J connectivity index is 1.31. The number of benzene rings is 2. The van der Waals surface area contributed by atoms with E-state index in [0.717, 1.165) is 40.7 Å². The SMILES string of the molecule is O=C(NC12CC(c3nc4cc(Cl)ccc4o3)(C1)C2)c1ccc(Br)cc1. The molecule has 2 bridgehead atoms. The zero-order chi connectivity index (χ0) is 17.2. The highest BCUT2D eigenvalue weighted by Gasteiger charge is 2.71. The van der Waals surface area contributed by atoms with Gasteiger partial charge in [-0.1, -0.05) is 27.5 Å². The fourth-order valence-corrected chi connectivity index (χ4v) is 4.62. The lowest BCUT2D eigenvalue weighted by Gasteiger charge is -2.68. The van der Waals surface area contributed by atoms with E-state index in [2.05, 4.69) is 26.2 Å². The number of hydrogen-bond donors (Lipinski definition) is 1. The predicted molar refractivity (Wildman–Crippen MR) is 98.9 cm³/mol. The molecule has 25 heavy (non-hydrogen) atoms. The third-order valence-electron chi connectivity index (χ3n) is 5.32. The third kappa shape index (κ3) is 2.33. The van der Waals surface area contributed by atoms with Gasteiger partial charge in [0.25, 0.3) is 5.91 Å². The molecule has 2 aromatic carbocycles. The third-order valence-corrected chi connectivity index (χ3v) is 6.08. The molecule has 1 amide bonds. The van der Waals surface area contributed by atoms with Gasteiger partial charge in [-0.05, 0) is 61.7 Å². The quantitative estimate of drug-likeness (QED) is 0.663. The molecule has 3 aromatic rings. The largest absolute Gasteiger partial charge is 0.440 e. The zero-order valence-electron chi connectivity index (χ0n) is 13.2. The number of carbonyl (C=O) groups is 1.